The molecule has 0 aliphatic carbocycles. The number of rotatable bonds is 5. The summed E-state index contributed by atoms with van der Waals surface area (Å²) in [6.45, 7) is 3.47. The molecule has 150 valence electrons. The van der Waals surface area contributed by atoms with Crippen LogP contribution in [0.4, 0.5) is 0 Å². The summed E-state index contributed by atoms with van der Waals surface area (Å²) in [6, 6.07) is 12.2. The zero-order valence-electron chi connectivity index (χ0n) is 16.0. The van der Waals surface area contributed by atoms with Crippen LogP contribution in [-0.2, 0) is 14.6 Å². The third-order valence-corrected chi connectivity index (χ3v) is 7.69. The van der Waals surface area contributed by atoms with Crippen molar-refractivity contribution >= 4 is 32.8 Å². The van der Waals surface area contributed by atoms with Gasteiger partial charge in [-0.1, -0.05) is 24.3 Å². The average Bonchev–Trinajstić information content (AvgIpc) is 3.40. The minimum atomic E-state index is -3.81. The Morgan fingerprint density at radius 3 is 2.55 bits per heavy atom. The van der Waals surface area contributed by atoms with Crippen LogP contribution in [0.5, 0.6) is 0 Å². The van der Waals surface area contributed by atoms with E-state index in [4.69, 9.17) is 4.42 Å². The molecule has 29 heavy (non-hydrogen) atoms. The molecule has 0 fully saturated rings. The lowest BCUT2D eigenvalue weighted by Gasteiger charge is -2.20. The molecule has 3 heterocycles. The SMILES string of the molecule is Cc1cccc(C)c1S(=O)(=O)CC(=O)N1N=C(c2cccs2)CC1c1ccco1. The predicted octanol–water partition coefficient (Wildman–Crippen LogP) is 4.11. The Morgan fingerprint density at radius 2 is 1.93 bits per heavy atom. The van der Waals surface area contributed by atoms with Gasteiger partial charge in [-0.2, -0.15) is 5.10 Å². The van der Waals surface area contributed by atoms with Gasteiger partial charge < -0.3 is 4.42 Å². The number of carbonyl (C=O) groups excluding carboxylic acids is 1. The van der Waals surface area contributed by atoms with E-state index in [1.54, 1.807) is 44.2 Å². The predicted molar refractivity (Wildman–Crippen MR) is 112 cm³/mol. The van der Waals surface area contributed by atoms with Crippen molar-refractivity contribution in [1.29, 1.82) is 0 Å². The van der Waals surface area contributed by atoms with Gasteiger partial charge in [0, 0.05) is 6.42 Å². The Hall–Kier alpha value is -2.71. The van der Waals surface area contributed by atoms with Crippen molar-refractivity contribution in [3.63, 3.8) is 0 Å². The summed E-state index contributed by atoms with van der Waals surface area (Å²) in [5, 5.41) is 7.68. The number of carbonyl (C=O) groups is 1. The van der Waals surface area contributed by atoms with Crippen molar-refractivity contribution in [2.45, 2.75) is 31.2 Å². The topological polar surface area (TPSA) is 80.0 Å². The summed E-state index contributed by atoms with van der Waals surface area (Å²) in [4.78, 5) is 14.2. The number of benzene rings is 1. The van der Waals surface area contributed by atoms with Crippen molar-refractivity contribution in [1.82, 2.24) is 5.01 Å². The molecule has 0 radical (unpaired) electrons. The average molecular weight is 429 g/mol. The van der Waals surface area contributed by atoms with Crippen molar-refractivity contribution < 1.29 is 17.6 Å². The highest BCUT2D eigenvalue weighted by Gasteiger charge is 2.37. The van der Waals surface area contributed by atoms with Gasteiger partial charge in [-0.15, -0.1) is 11.3 Å². The number of amides is 1. The van der Waals surface area contributed by atoms with Gasteiger partial charge in [0.1, 0.15) is 17.6 Å². The Labute approximate surface area is 173 Å². The van der Waals surface area contributed by atoms with Crippen LogP contribution in [0.1, 0.15) is 34.2 Å². The maximum Gasteiger partial charge on any atom is 0.258 e. The van der Waals surface area contributed by atoms with E-state index in [1.165, 1.54) is 22.6 Å². The number of hydrazone groups is 1. The van der Waals surface area contributed by atoms with Gasteiger partial charge in [0.05, 0.1) is 21.7 Å². The highest BCUT2D eigenvalue weighted by Crippen LogP contribution is 2.34. The summed E-state index contributed by atoms with van der Waals surface area (Å²) >= 11 is 1.53. The molecule has 1 aromatic carbocycles. The van der Waals surface area contributed by atoms with Crippen LogP contribution < -0.4 is 0 Å². The first-order valence-corrected chi connectivity index (χ1v) is 11.7. The third-order valence-electron chi connectivity index (χ3n) is 4.88. The Bertz CT molecular complexity index is 1140. The minimum Gasteiger partial charge on any atom is -0.467 e. The second-order valence-corrected chi connectivity index (χ2v) is 9.85. The van der Waals surface area contributed by atoms with Crippen molar-refractivity contribution in [2.24, 2.45) is 5.10 Å². The monoisotopic (exact) mass is 428 g/mol. The lowest BCUT2D eigenvalue weighted by atomic mass is 10.1. The summed E-state index contributed by atoms with van der Waals surface area (Å²) in [5.41, 5.74) is 2.01. The van der Waals surface area contributed by atoms with E-state index in [-0.39, 0.29) is 4.90 Å². The van der Waals surface area contributed by atoms with E-state index in [1.807, 2.05) is 17.5 Å². The number of aryl methyl sites for hydroxylation is 2. The summed E-state index contributed by atoms with van der Waals surface area (Å²) in [7, 11) is -3.81. The first-order valence-electron chi connectivity index (χ1n) is 9.12. The first-order chi connectivity index (χ1) is 13.9. The molecule has 1 atom stereocenters. The smallest absolute Gasteiger partial charge is 0.258 e. The van der Waals surface area contributed by atoms with E-state index in [9.17, 15) is 13.2 Å². The molecule has 3 aromatic rings. The normalized spacial score (nSPS) is 16.8. The van der Waals surface area contributed by atoms with Crippen LogP contribution in [0.3, 0.4) is 0 Å². The fourth-order valence-electron chi connectivity index (χ4n) is 3.62. The highest BCUT2D eigenvalue weighted by molar-refractivity contribution is 7.92. The summed E-state index contributed by atoms with van der Waals surface area (Å²) in [6.07, 6.45) is 2.01. The van der Waals surface area contributed by atoms with Crippen LogP contribution in [0.25, 0.3) is 0 Å². The molecular formula is C21H20N2O4S2. The van der Waals surface area contributed by atoms with Gasteiger partial charge in [-0.3, -0.25) is 4.79 Å². The molecule has 4 rings (SSSR count). The van der Waals surface area contributed by atoms with Gasteiger partial charge in [0.25, 0.3) is 5.91 Å². The molecule has 1 aliphatic heterocycles. The van der Waals surface area contributed by atoms with Crippen LogP contribution >= 0.6 is 11.3 Å². The van der Waals surface area contributed by atoms with Gasteiger partial charge in [-0.05, 0) is 48.6 Å². The van der Waals surface area contributed by atoms with Crippen molar-refractivity contribution in [3.8, 4) is 0 Å². The lowest BCUT2D eigenvalue weighted by molar-refractivity contribution is -0.130. The minimum absolute atomic E-state index is 0.213. The van der Waals surface area contributed by atoms with E-state index in [2.05, 4.69) is 5.10 Å². The van der Waals surface area contributed by atoms with Crippen molar-refractivity contribution in [3.05, 3.63) is 75.9 Å². The van der Waals surface area contributed by atoms with Gasteiger partial charge >= 0.3 is 0 Å². The van der Waals surface area contributed by atoms with Crippen molar-refractivity contribution in [2.75, 3.05) is 5.75 Å². The molecule has 1 aliphatic rings. The van der Waals surface area contributed by atoms with E-state index in [0.717, 1.165) is 10.6 Å². The standard InChI is InChI=1S/C21H20N2O4S2/c1-14-6-3-7-15(2)21(14)29(25,26)13-20(24)23-17(18-8-4-10-27-18)12-16(22-23)19-9-5-11-28-19/h3-11,17H,12-13H2,1-2H3. The van der Waals surface area contributed by atoms with Crippen LogP contribution in [0.2, 0.25) is 0 Å². The molecule has 1 unspecified atom stereocenters. The van der Waals surface area contributed by atoms with Gasteiger partial charge in [-0.25, -0.2) is 13.4 Å². The molecule has 1 amide bonds. The number of hydrogen-bond acceptors (Lipinski definition) is 6. The number of furan rings is 1. The van der Waals surface area contributed by atoms with Crippen LogP contribution in [0, 0.1) is 13.8 Å². The molecule has 6 nitrogen and oxygen atoms in total. The molecule has 0 bridgehead atoms. The number of thiophene rings is 1. The molecule has 8 heteroatoms. The zero-order valence-corrected chi connectivity index (χ0v) is 17.7. The van der Waals surface area contributed by atoms with Gasteiger partial charge in [0.2, 0.25) is 0 Å². The van der Waals surface area contributed by atoms with E-state index >= 15 is 0 Å². The Balaban J connectivity index is 1.66. The second kappa shape index (κ2) is 7.61. The molecule has 2 aromatic heterocycles. The van der Waals surface area contributed by atoms with E-state index in [0.29, 0.717) is 23.3 Å². The summed E-state index contributed by atoms with van der Waals surface area (Å²) < 4.78 is 31.6. The zero-order chi connectivity index (χ0) is 20.6. The van der Waals surface area contributed by atoms with Crippen LogP contribution in [-0.4, -0.2) is 30.8 Å². The lowest BCUT2D eigenvalue weighted by Crippen LogP contribution is -2.32. The molecule has 0 spiro atoms. The maximum absolute atomic E-state index is 13.1. The van der Waals surface area contributed by atoms with Crippen LogP contribution in [0.15, 0.2) is 68.5 Å². The first kappa shape index (κ1) is 19.6. The molecule has 0 saturated carbocycles. The Kier molecular flexibility index (Phi) is 5.14. The third kappa shape index (κ3) is 3.77. The second-order valence-electron chi connectivity index (χ2n) is 6.98. The number of hydrogen-bond donors (Lipinski definition) is 0. The van der Waals surface area contributed by atoms with Gasteiger partial charge in [0.15, 0.2) is 9.84 Å². The largest absolute Gasteiger partial charge is 0.467 e. The quantitative estimate of drug-likeness (QED) is 0.613. The summed E-state index contributed by atoms with van der Waals surface area (Å²) in [5.74, 6) is -0.629. The highest BCUT2D eigenvalue weighted by atomic mass is 32.2. The molecular weight excluding hydrogens is 408 g/mol. The number of nitrogens with zero attached hydrogens (tertiary/aromatic N) is 2. The molecule has 0 saturated heterocycles. The molecule has 0 N–H and O–H groups in total. The maximum atomic E-state index is 13.1. The fourth-order valence-corrected chi connectivity index (χ4v) is 6.06. The van der Waals surface area contributed by atoms with E-state index < -0.39 is 27.5 Å². The number of sulfone groups is 1. The fraction of sp³-hybridized carbons (Fsp3) is 0.238. The Morgan fingerprint density at radius 1 is 1.17 bits per heavy atom.